The zero-order valence-corrected chi connectivity index (χ0v) is 14.7. The maximum Gasteiger partial charge on any atom is 0.326 e. The summed E-state index contributed by atoms with van der Waals surface area (Å²) >= 11 is 0. The van der Waals surface area contributed by atoms with Crippen LogP contribution in [0.15, 0.2) is 12.1 Å². The number of carboxylic acids is 1. The molecule has 0 radical (unpaired) electrons. The SMILES string of the molecule is O=C(O)C1CCCN1C(=O)c1ccc(N2CC(F)(F)C2)c(OCC2CC2)n1. The first-order valence-electron chi connectivity index (χ1n) is 9.14. The van der Waals surface area contributed by atoms with Gasteiger partial charge in [-0.3, -0.25) is 4.79 Å². The molecule has 2 saturated heterocycles. The maximum absolute atomic E-state index is 13.2. The molecule has 1 aromatic heterocycles. The summed E-state index contributed by atoms with van der Waals surface area (Å²) in [5.74, 6) is -3.64. The molecule has 1 amide bonds. The predicted octanol–water partition coefficient (Wildman–Crippen LogP) is 2.01. The lowest BCUT2D eigenvalue weighted by Gasteiger charge is -2.40. The van der Waals surface area contributed by atoms with Gasteiger partial charge in [0, 0.05) is 6.54 Å². The minimum absolute atomic E-state index is 0.0741. The second kappa shape index (κ2) is 6.61. The van der Waals surface area contributed by atoms with Crippen LogP contribution in [0.4, 0.5) is 14.5 Å². The fraction of sp³-hybridized carbons (Fsp3) is 0.611. The summed E-state index contributed by atoms with van der Waals surface area (Å²) in [4.78, 5) is 31.1. The number of nitrogens with zero attached hydrogens (tertiary/aromatic N) is 3. The highest BCUT2D eigenvalue weighted by atomic mass is 19.3. The monoisotopic (exact) mass is 381 g/mol. The van der Waals surface area contributed by atoms with Crippen molar-refractivity contribution in [2.45, 2.75) is 37.6 Å². The summed E-state index contributed by atoms with van der Waals surface area (Å²) in [7, 11) is 0. The van der Waals surface area contributed by atoms with Gasteiger partial charge in [-0.05, 0) is 43.7 Å². The highest BCUT2D eigenvalue weighted by molar-refractivity contribution is 5.95. The molecule has 0 bridgehead atoms. The number of amides is 1. The minimum atomic E-state index is -2.73. The first-order chi connectivity index (χ1) is 12.8. The van der Waals surface area contributed by atoms with Gasteiger partial charge in [-0.2, -0.15) is 0 Å². The van der Waals surface area contributed by atoms with E-state index in [0.717, 1.165) is 12.8 Å². The third kappa shape index (κ3) is 3.68. The van der Waals surface area contributed by atoms with Crippen LogP contribution in [0.1, 0.15) is 36.2 Å². The molecule has 1 N–H and O–H groups in total. The van der Waals surface area contributed by atoms with Gasteiger partial charge in [0.2, 0.25) is 5.88 Å². The van der Waals surface area contributed by atoms with Crippen LogP contribution in [0.2, 0.25) is 0 Å². The van der Waals surface area contributed by atoms with Crippen LogP contribution in [-0.4, -0.2) is 65.1 Å². The second-order valence-corrected chi connectivity index (χ2v) is 7.48. The number of aromatic nitrogens is 1. The zero-order valence-electron chi connectivity index (χ0n) is 14.7. The fourth-order valence-corrected chi connectivity index (χ4v) is 3.48. The molecule has 9 heteroatoms. The van der Waals surface area contributed by atoms with Gasteiger partial charge < -0.3 is 19.6 Å². The van der Waals surface area contributed by atoms with Crippen LogP contribution in [0.5, 0.6) is 5.88 Å². The molecule has 146 valence electrons. The van der Waals surface area contributed by atoms with Gasteiger partial charge >= 0.3 is 5.97 Å². The summed E-state index contributed by atoms with van der Waals surface area (Å²) in [6.07, 6.45) is 3.15. The van der Waals surface area contributed by atoms with Crippen molar-refractivity contribution in [1.82, 2.24) is 9.88 Å². The third-order valence-electron chi connectivity index (χ3n) is 5.20. The van der Waals surface area contributed by atoms with Crippen molar-refractivity contribution in [3.8, 4) is 5.88 Å². The molecule has 1 unspecified atom stereocenters. The standard InChI is InChI=1S/C18H21F2N3O4/c19-18(20)9-22(10-18)13-6-5-12(21-15(13)27-8-11-3-4-11)16(24)23-7-1-2-14(23)17(25)26/h5-6,11,14H,1-4,7-10H2,(H,25,26). The molecule has 3 fully saturated rings. The number of aliphatic carboxylic acids is 1. The van der Waals surface area contributed by atoms with E-state index in [9.17, 15) is 23.5 Å². The number of likely N-dealkylation sites (tertiary alicyclic amines) is 1. The van der Waals surface area contributed by atoms with Crippen LogP contribution in [-0.2, 0) is 4.79 Å². The molecule has 0 aromatic carbocycles. The number of carbonyl (C=O) groups excluding carboxylic acids is 1. The fourth-order valence-electron chi connectivity index (χ4n) is 3.48. The van der Waals surface area contributed by atoms with Crippen LogP contribution in [0.3, 0.4) is 0 Å². The number of hydrogen-bond donors (Lipinski definition) is 1. The lowest BCUT2D eigenvalue weighted by Crippen LogP contribution is -2.56. The van der Waals surface area contributed by atoms with Crippen LogP contribution in [0, 0.1) is 5.92 Å². The Hall–Kier alpha value is -2.45. The minimum Gasteiger partial charge on any atom is -0.480 e. The Morgan fingerprint density at radius 3 is 2.63 bits per heavy atom. The molecular weight excluding hydrogens is 360 g/mol. The number of halogens is 2. The number of alkyl halides is 2. The summed E-state index contributed by atoms with van der Waals surface area (Å²) in [6, 6.07) is 2.16. The van der Waals surface area contributed by atoms with Crippen LogP contribution < -0.4 is 9.64 Å². The van der Waals surface area contributed by atoms with Gasteiger partial charge in [0.15, 0.2) is 0 Å². The molecule has 2 aliphatic heterocycles. The Bertz CT molecular complexity index is 761. The number of pyridine rings is 1. The van der Waals surface area contributed by atoms with Crippen LogP contribution >= 0.6 is 0 Å². The number of carboxylic acid groups (broad SMARTS) is 1. The number of hydrogen-bond acceptors (Lipinski definition) is 5. The summed E-state index contributed by atoms with van der Waals surface area (Å²) in [5, 5.41) is 9.28. The second-order valence-electron chi connectivity index (χ2n) is 7.48. The summed E-state index contributed by atoms with van der Waals surface area (Å²) in [6.45, 7) is -0.0247. The van der Waals surface area contributed by atoms with E-state index < -0.39 is 36.9 Å². The third-order valence-corrected chi connectivity index (χ3v) is 5.20. The summed E-state index contributed by atoms with van der Waals surface area (Å²) in [5.41, 5.74) is 0.513. The summed E-state index contributed by atoms with van der Waals surface area (Å²) < 4.78 is 32.2. The first-order valence-corrected chi connectivity index (χ1v) is 9.14. The molecule has 1 saturated carbocycles. The van der Waals surface area contributed by atoms with Gasteiger partial charge in [0.1, 0.15) is 17.4 Å². The van der Waals surface area contributed by atoms with E-state index in [4.69, 9.17) is 4.74 Å². The Morgan fingerprint density at radius 1 is 1.26 bits per heavy atom. The van der Waals surface area contributed by atoms with E-state index in [1.165, 1.54) is 15.9 Å². The average Bonchev–Trinajstić information content (AvgIpc) is 3.30. The number of rotatable bonds is 6. The van der Waals surface area contributed by atoms with Crippen molar-refractivity contribution < 1.29 is 28.2 Å². The van der Waals surface area contributed by atoms with Crippen molar-refractivity contribution in [2.24, 2.45) is 5.92 Å². The molecule has 0 spiro atoms. The molecule has 27 heavy (non-hydrogen) atoms. The normalized spacial score (nSPS) is 23.9. The van der Waals surface area contributed by atoms with E-state index >= 15 is 0 Å². The van der Waals surface area contributed by atoms with E-state index in [0.29, 0.717) is 37.6 Å². The molecule has 1 aromatic rings. The van der Waals surface area contributed by atoms with Crippen molar-refractivity contribution in [3.05, 3.63) is 17.8 Å². The smallest absolute Gasteiger partial charge is 0.326 e. The quantitative estimate of drug-likeness (QED) is 0.812. The number of ether oxygens (including phenoxy) is 1. The first kappa shape index (κ1) is 17.9. The van der Waals surface area contributed by atoms with Gasteiger partial charge in [-0.1, -0.05) is 0 Å². The molecule has 1 atom stereocenters. The van der Waals surface area contributed by atoms with Gasteiger partial charge in [-0.15, -0.1) is 0 Å². The van der Waals surface area contributed by atoms with E-state index in [-0.39, 0.29) is 11.6 Å². The molecule has 1 aliphatic carbocycles. The predicted molar refractivity (Wildman–Crippen MR) is 91.3 cm³/mol. The Kier molecular flexibility index (Phi) is 4.39. The van der Waals surface area contributed by atoms with Gasteiger partial charge in [-0.25, -0.2) is 18.6 Å². The van der Waals surface area contributed by atoms with Crippen molar-refractivity contribution in [2.75, 3.05) is 31.1 Å². The largest absolute Gasteiger partial charge is 0.480 e. The Balaban J connectivity index is 1.56. The molecular formula is C18H21F2N3O4. The zero-order chi connectivity index (χ0) is 19.2. The molecule has 3 aliphatic rings. The lowest BCUT2D eigenvalue weighted by atomic mass is 10.1. The molecule has 7 nitrogen and oxygen atoms in total. The van der Waals surface area contributed by atoms with E-state index in [1.807, 2.05) is 0 Å². The van der Waals surface area contributed by atoms with Gasteiger partial charge in [0.05, 0.1) is 19.7 Å². The van der Waals surface area contributed by atoms with E-state index in [1.54, 1.807) is 6.07 Å². The maximum atomic E-state index is 13.2. The topological polar surface area (TPSA) is 83.0 Å². The highest BCUT2D eigenvalue weighted by Gasteiger charge is 2.45. The van der Waals surface area contributed by atoms with Crippen molar-refractivity contribution in [3.63, 3.8) is 0 Å². The highest BCUT2D eigenvalue weighted by Crippen LogP contribution is 2.38. The Labute approximate surface area is 154 Å². The van der Waals surface area contributed by atoms with Crippen molar-refractivity contribution >= 4 is 17.6 Å². The van der Waals surface area contributed by atoms with Crippen LogP contribution in [0.25, 0.3) is 0 Å². The molecule has 3 heterocycles. The average molecular weight is 381 g/mol. The Morgan fingerprint density at radius 2 is 2.00 bits per heavy atom. The number of carbonyl (C=O) groups is 2. The van der Waals surface area contributed by atoms with Gasteiger partial charge in [0.25, 0.3) is 11.8 Å². The van der Waals surface area contributed by atoms with Crippen molar-refractivity contribution in [1.29, 1.82) is 0 Å². The lowest BCUT2D eigenvalue weighted by molar-refractivity contribution is -0.141. The molecule has 4 rings (SSSR count). The van der Waals surface area contributed by atoms with E-state index in [2.05, 4.69) is 4.98 Å². The number of anilines is 1.